The van der Waals surface area contributed by atoms with Gasteiger partial charge in [0.2, 0.25) is 0 Å². The van der Waals surface area contributed by atoms with E-state index in [0.717, 1.165) is 0 Å². The van der Waals surface area contributed by atoms with E-state index in [-0.39, 0.29) is 6.61 Å². The molecule has 0 aromatic carbocycles. The van der Waals surface area contributed by atoms with Crippen molar-refractivity contribution in [2.24, 2.45) is 5.73 Å². The largest absolute Gasteiger partial charge is 0.444 e. The van der Waals surface area contributed by atoms with E-state index in [1.54, 1.807) is 0 Å². The first kappa shape index (κ1) is 9.47. The zero-order valence-corrected chi connectivity index (χ0v) is 8.24. The van der Waals surface area contributed by atoms with Crippen molar-refractivity contribution in [3.8, 4) is 0 Å². The molecule has 1 rings (SSSR count). The fourth-order valence-corrected chi connectivity index (χ4v) is 2.07. The summed E-state index contributed by atoms with van der Waals surface area (Å²) in [6.07, 6.45) is -0.904. The number of primary amides is 1. The Morgan fingerprint density at radius 2 is 2.50 bits per heavy atom. The molecule has 0 spiro atoms. The highest BCUT2D eigenvalue weighted by molar-refractivity contribution is 9.11. The molecule has 6 heteroatoms. The van der Waals surface area contributed by atoms with E-state index in [0.29, 0.717) is 8.66 Å². The molecule has 0 saturated heterocycles. The number of nitrogens with two attached hydrogens (primary N) is 1. The van der Waals surface area contributed by atoms with E-state index < -0.39 is 11.9 Å². The maximum atomic E-state index is 12.8. The molecule has 66 valence electrons. The van der Waals surface area contributed by atoms with E-state index in [4.69, 9.17) is 5.73 Å². The van der Waals surface area contributed by atoms with Crippen LogP contribution in [0.4, 0.5) is 9.18 Å². The topological polar surface area (TPSA) is 52.3 Å². The summed E-state index contributed by atoms with van der Waals surface area (Å²) in [5.41, 5.74) is 4.71. The number of rotatable bonds is 2. The Balaban J connectivity index is 2.62. The molecule has 0 saturated carbocycles. The van der Waals surface area contributed by atoms with E-state index >= 15 is 0 Å². The molecule has 0 unspecified atom stereocenters. The Kier molecular flexibility index (Phi) is 3.05. The highest BCUT2D eigenvalue weighted by Gasteiger charge is 2.08. The van der Waals surface area contributed by atoms with Gasteiger partial charge in [-0.15, -0.1) is 11.3 Å². The number of amides is 1. The maximum Gasteiger partial charge on any atom is 0.404 e. The third-order valence-corrected chi connectivity index (χ3v) is 2.66. The van der Waals surface area contributed by atoms with Crippen LogP contribution in [-0.2, 0) is 11.3 Å². The Morgan fingerprint density at radius 3 is 2.92 bits per heavy atom. The summed E-state index contributed by atoms with van der Waals surface area (Å²) in [5.74, 6) is -0.395. The van der Waals surface area contributed by atoms with Crippen LogP contribution >= 0.6 is 27.3 Å². The van der Waals surface area contributed by atoms with Crippen molar-refractivity contribution in [1.29, 1.82) is 0 Å². The molecule has 0 fully saturated rings. The van der Waals surface area contributed by atoms with E-state index in [9.17, 15) is 9.18 Å². The number of carbonyl (C=O) groups is 1. The lowest BCUT2D eigenvalue weighted by atomic mass is 10.5. The third-order valence-electron chi connectivity index (χ3n) is 1.07. The summed E-state index contributed by atoms with van der Waals surface area (Å²) in [6, 6.07) is 1.31. The van der Waals surface area contributed by atoms with Crippen LogP contribution in [0.1, 0.15) is 4.88 Å². The number of halogens is 2. The Hall–Kier alpha value is -0.620. The molecular weight excluding hydrogens is 249 g/mol. The van der Waals surface area contributed by atoms with Crippen molar-refractivity contribution < 1.29 is 13.9 Å². The fourth-order valence-electron chi connectivity index (χ4n) is 0.611. The zero-order valence-electron chi connectivity index (χ0n) is 5.84. The van der Waals surface area contributed by atoms with Gasteiger partial charge in [-0.3, -0.25) is 0 Å². The van der Waals surface area contributed by atoms with Gasteiger partial charge in [0.15, 0.2) is 0 Å². The van der Waals surface area contributed by atoms with Crippen LogP contribution in [0.5, 0.6) is 0 Å². The monoisotopic (exact) mass is 253 g/mol. The normalized spacial score (nSPS) is 9.83. The number of ether oxygens (including phenoxy) is 1. The average molecular weight is 254 g/mol. The molecule has 1 aromatic heterocycles. The van der Waals surface area contributed by atoms with Crippen molar-refractivity contribution in [3.63, 3.8) is 0 Å². The smallest absolute Gasteiger partial charge is 0.404 e. The van der Waals surface area contributed by atoms with Gasteiger partial charge in [0.25, 0.3) is 0 Å². The fraction of sp³-hybridized carbons (Fsp3) is 0.167. The van der Waals surface area contributed by atoms with Crippen LogP contribution in [0.2, 0.25) is 0 Å². The molecule has 0 bridgehead atoms. The van der Waals surface area contributed by atoms with Gasteiger partial charge in [-0.1, -0.05) is 0 Å². The van der Waals surface area contributed by atoms with Gasteiger partial charge in [0.1, 0.15) is 12.4 Å². The van der Waals surface area contributed by atoms with Crippen molar-refractivity contribution in [2.45, 2.75) is 6.61 Å². The molecule has 2 N–H and O–H groups in total. The minimum absolute atomic E-state index is 0.114. The molecule has 0 radical (unpaired) electrons. The van der Waals surface area contributed by atoms with Crippen LogP contribution < -0.4 is 5.73 Å². The molecule has 0 aliphatic heterocycles. The van der Waals surface area contributed by atoms with Gasteiger partial charge in [-0.2, -0.15) is 0 Å². The second kappa shape index (κ2) is 3.86. The van der Waals surface area contributed by atoms with Crippen molar-refractivity contribution in [1.82, 2.24) is 0 Å². The zero-order chi connectivity index (χ0) is 9.14. The predicted molar refractivity (Wildman–Crippen MR) is 46.3 cm³/mol. The maximum absolute atomic E-state index is 12.8. The van der Waals surface area contributed by atoms with Crippen molar-refractivity contribution >= 4 is 33.4 Å². The Labute approximate surface area is 80.4 Å². The quantitative estimate of drug-likeness (QED) is 0.879. The van der Waals surface area contributed by atoms with E-state index in [2.05, 4.69) is 20.7 Å². The summed E-state index contributed by atoms with van der Waals surface area (Å²) < 4.78 is 17.9. The first-order valence-electron chi connectivity index (χ1n) is 2.95. The van der Waals surface area contributed by atoms with Gasteiger partial charge in [0.05, 0.1) is 8.66 Å². The number of carbonyl (C=O) groups excluding carboxylic acids is 1. The Morgan fingerprint density at radius 1 is 1.83 bits per heavy atom. The van der Waals surface area contributed by atoms with E-state index in [1.165, 1.54) is 17.4 Å². The summed E-state index contributed by atoms with van der Waals surface area (Å²) in [6.45, 7) is -0.114. The van der Waals surface area contributed by atoms with Crippen LogP contribution in [0.25, 0.3) is 0 Å². The second-order valence-electron chi connectivity index (χ2n) is 1.93. The molecule has 3 nitrogen and oxygen atoms in total. The molecular formula is C6H5BrFNO2S. The van der Waals surface area contributed by atoms with E-state index in [1.807, 2.05) is 0 Å². The minimum Gasteiger partial charge on any atom is -0.444 e. The van der Waals surface area contributed by atoms with Crippen LogP contribution in [0, 0.1) is 5.82 Å². The first-order valence-corrected chi connectivity index (χ1v) is 4.56. The molecule has 1 heterocycles. The van der Waals surface area contributed by atoms with Crippen LogP contribution in [0.15, 0.2) is 9.85 Å². The van der Waals surface area contributed by atoms with Gasteiger partial charge in [-0.05, 0) is 22.0 Å². The van der Waals surface area contributed by atoms with Crippen LogP contribution in [0.3, 0.4) is 0 Å². The third kappa shape index (κ3) is 2.46. The van der Waals surface area contributed by atoms with Crippen molar-refractivity contribution in [3.05, 3.63) is 20.5 Å². The number of hydrogen-bond acceptors (Lipinski definition) is 3. The highest BCUT2D eigenvalue weighted by atomic mass is 79.9. The minimum atomic E-state index is -0.904. The van der Waals surface area contributed by atoms with Crippen molar-refractivity contribution in [2.75, 3.05) is 0 Å². The van der Waals surface area contributed by atoms with Gasteiger partial charge in [-0.25, -0.2) is 9.18 Å². The average Bonchev–Trinajstić information content (AvgIpc) is 2.26. The lowest BCUT2D eigenvalue weighted by Crippen LogP contribution is -2.12. The summed E-state index contributed by atoms with van der Waals surface area (Å²) in [7, 11) is 0. The lowest BCUT2D eigenvalue weighted by molar-refractivity contribution is 0.150. The number of hydrogen-bond donors (Lipinski definition) is 1. The summed E-state index contributed by atoms with van der Waals surface area (Å²) in [5, 5.41) is 0. The van der Waals surface area contributed by atoms with Gasteiger partial charge in [0, 0.05) is 0 Å². The molecule has 12 heavy (non-hydrogen) atoms. The van der Waals surface area contributed by atoms with Gasteiger partial charge >= 0.3 is 6.09 Å². The first-order chi connectivity index (χ1) is 5.59. The second-order valence-corrected chi connectivity index (χ2v) is 4.45. The molecule has 0 aliphatic rings. The Bertz CT molecular complexity index is 302. The summed E-state index contributed by atoms with van der Waals surface area (Å²) in [4.78, 5) is 10.5. The molecule has 1 amide bonds. The standard InChI is InChI=1S/C6H5BrFNO2S/c7-5-1-3(8)4(12-5)2-11-6(9)10/h1H,2H2,(H2,9,10). The lowest BCUT2D eigenvalue weighted by Gasteiger charge is -1.96. The van der Waals surface area contributed by atoms with Crippen LogP contribution in [-0.4, -0.2) is 6.09 Å². The SMILES string of the molecule is NC(=O)OCc1sc(Br)cc1F. The van der Waals surface area contributed by atoms with Gasteiger partial charge < -0.3 is 10.5 Å². The molecule has 1 aromatic rings. The molecule has 0 aliphatic carbocycles. The highest BCUT2D eigenvalue weighted by Crippen LogP contribution is 2.26. The predicted octanol–water partition coefficient (Wildman–Crippen LogP) is 2.25. The number of thiophene rings is 1. The summed E-state index contributed by atoms with van der Waals surface area (Å²) >= 11 is 4.26. The molecule has 0 atom stereocenters.